The van der Waals surface area contributed by atoms with Gasteiger partial charge in [-0.3, -0.25) is 9.69 Å². The van der Waals surface area contributed by atoms with Gasteiger partial charge >= 0.3 is 0 Å². The van der Waals surface area contributed by atoms with Crippen LogP contribution in [0.1, 0.15) is 28.8 Å². The number of hydrogen-bond acceptors (Lipinski definition) is 3. The van der Waals surface area contributed by atoms with Crippen molar-refractivity contribution in [3.63, 3.8) is 0 Å². The lowest BCUT2D eigenvalue weighted by Gasteiger charge is -2.35. The Morgan fingerprint density at radius 3 is 2.76 bits per heavy atom. The number of piperidine rings is 1. The van der Waals surface area contributed by atoms with Gasteiger partial charge in [0.05, 0.1) is 0 Å². The summed E-state index contributed by atoms with van der Waals surface area (Å²) >= 11 is 5.46. The second-order valence-corrected chi connectivity index (χ2v) is 8.88. The fourth-order valence-corrected chi connectivity index (χ4v) is 5.20. The van der Waals surface area contributed by atoms with Crippen LogP contribution in [0.4, 0.5) is 0 Å². The van der Waals surface area contributed by atoms with E-state index in [0.717, 1.165) is 52.0 Å². The van der Waals surface area contributed by atoms with E-state index in [0.29, 0.717) is 5.91 Å². The summed E-state index contributed by atoms with van der Waals surface area (Å²) in [6.07, 6.45) is 2.99. The summed E-state index contributed by atoms with van der Waals surface area (Å²) in [5.41, 5.74) is 2.68. The molecule has 0 bridgehead atoms. The molecule has 2 aliphatic rings. The van der Waals surface area contributed by atoms with E-state index in [1.807, 2.05) is 11.3 Å². The minimum Gasteiger partial charge on any atom is -0.338 e. The van der Waals surface area contributed by atoms with Gasteiger partial charge in [-0.2, -0.15) is 0 Å². The molecule has 1 fully saturated rings. The molecule has 1 aromatic carbocycles. The molecule has 4 rings (SSSR count). The average molecular weight is 419 g/mol. The zero-order valence-corrected chi connectivity index (χ0v) is 16.7. The first-order valence-corrected chi connectivity index (χ1v) is 10.7. The number of carbonyl (C=O) groups is 1. The Bertz CT molecular complexity index is 752. The van der Waals surface area contributed by atoms with E-state index in [-0.39, 0.29) is 5.92 Å². The summed E-state index contributed by atoms with van der Waals surface area (Å²) in [4.78, 5) is 18.9. The van der Waals surface area contributed by atoms with E-state index in [1.54, 1.807) is 0 Å². The smallest absolute Gasteiger partial charge is 0.226 e. The van der Waals surface area contributed by atoms with Crippen LogP contribution in [-0.2, 0) is 24.3 Å². The standard InChI is InChI=1S/C20H23BrN2OS/c21-18-4-2-1-3-16(18)13-22-9-5-15(6-10-22)20(24)23-11-7-19-17(14-23)8-12-25-19/h1-4,8,12,15H,5-7,9-11,13-14H2. The Hall–Kier alpha value is -1.17. The number of likely N-dealkylation sites (tertiary alicyclic amines) is 1. The van der Waals surface area contributed by atoms with E-state index < -0.39 is 0 Å². The number of amides is 1. The van der Waals surface area contributed by atoms with Crippen LogP contribution in [0.25, 0.3) is 0 Å². The first kappa shape index (κ1) is 17.3. The molecule has 0 spiro atoms. The van der Waals surface area contributed by atoms with E-state index in [1.165, 1.54) is 20.5 Å². The SMILES string of the molecule is O=C(C1CCN(Cc2ccccc2Br)CC1)N1CCc2sccc2C1. The highest BCUT2D eigenvalue weighted by atomic mass is 79.9. The van der Waals surface area contributed by atoms with E-state index in [2.05, 4.69) is 61.4 Å². The monoisotopic (exact) mass is 418 g/mol. The molecule has 25 heavy (non-hydrogen) atoms. The number of hydrogen-bond donors (Lipinski definition) is 0. The van der Waals surface area contributed by atoms with Crippen molar-refractivity contribution in [3.05, 3.63) is 56.2 Å². The van der Waals surface area contributed by atoms with Gasteiger partial charge in [-0.1, -0.05) is 34.1 Å². The second-order valence-electron chi connectivity index (χ2n) is 7.02. The van der Waals surface area contributed by atoms with Gasteiger partial charge < -0.3 is 4.90 Å². The van der Waals surface area contributed by atoms with Crippen molar-refractivity contribution in [1.29, 1.82) is 0 Å². The molecule has 2 aromatic rings. The summed E-state index contributed by atoms with van der Waals surface area (Å²) in [5.74, 6) is 0.577. The second kappa shape index (κ2) is 7.60. The van der Waals surface area contributed by atoms with Crippen molar-refractivity contribution in [3.8, 4) is 0 Å². The Morgan fingerprint density at radius 1 is 1.16 bits per heavy atom. The van der Waals surface area contributed by atoms with Gasteiger partial charge in [0, 0.05) is 34.9 Å². The van der Waals surface area contributed by atoms with Crippen LogP contribution >= 0.6 is 27.3 Å². The topological polar surface area (TPSA) is 23.6 Å². The molecule has 1 saturated heterocycles. The zero-order valence-electron chi connectivity index (χ0n) is 14.3. The lowest BCUT2D eigenvalue weighted by Crippen LogP contribution is -2.43. The van der Waals surface area contributed by atoms with Crippen LogP contribution in [0, 0.1) is 5.92 Å². The third kappa shape index (κ3) is 3.83. The molecule has 2 aliphatic heterocycles. The molecule has 3 heterocycles. The maximum atomic E-state index is 12.9. The van der Waals surface area contributed by atoms with Gasteiger partial charge in [0.25, 0.3) is 0 Å². The van der Waals surface area contributed by atoms with Crippen LogP contribution in [0.15, 0.2) is 40.2 Å². The number of rotatable bonds is 3. The predicted octanol–water partition coefficient (Wildman–Crippen LogP) is 4.31. The van der Waals surface area contributed by atoms with Gasteiger partial charge in [0.15, 0.2) is 0 Å². The van der Waals surface area contributed by atoms with Gasteiger partial charge in [0.1, 0.15) is 0 Å². The van der Waals surface area contributed by atoms with Crippen LogP contribution < -0.4 is 0 Å². The van der Waals surface area contributed by atoms with Gasteiger partial charge in [-0.15, -0.1) is 11.3 Å². The van der Waals surface area contributed by atoms with Crippen molar-refractivity contribution >= 4 is 33.2 Å². The van der Waals surface area contributed by atoms with Crippen LogP contribution in [0.2, 0.25) is 0 Å². The molecule has 0 unspecified atom stereocenters. The Balaban J connectivity index is 1.31. The molecule has 3 nitrogen and oxygen atoms in total. The average Bonchev–Trinajstić information content (AvgIpc) is 3.11. The normalized spacial score (nSPS) is 19.0. The Labute approximate surface area is 161 Å². The maximum absolute atomic E-state index is 12.9. The van der Waals surface area contributed by atoms with Crippen LogP contribution in [0.5, 0.6) is 0 Å². The number of thiophene rings is 1. The summed E-state index contributed by atoms with van der Waals surface area (Å²) in [7, 11) is 0. The van der Waals surface area contributed by atoms with Gasteiger partial charge in [-0.25, -0.2) is 0 Å². The highest BCUT2D eigenvalue weighted by Crippen LogP contribution is 2.28. The Morgan fingerprint density at radius 2 is 1.96 bits per heavy atom. The zero-order chi connectivity index (χ0) is 17.2. The minimum absolute atomic E-state index is 0.204. The van der Waals surface area contributed by atoms with E-state index in [9.17, 15) is 4.79 Å². The van der Waals surface area contributed by atoms with Gasteiger partial charge in [0.2, 0.25) is 5.91 Å². The van der Waals surface area contributed by atoms with Crippen molar-refractivity contribution < 1.29 is 4.79 Å². The first-order chi connectivity index (χ1) is 12.2. The van der Waals surface area contributed by atoms with Crippen molar-refractivity contribution in [2.24, 2.45) is 5.92 Å². The van der Waals surface area contributed by atoms with E-state index >= 15 is 0 Å². The largest absolute Gasteiger partial charge is 0.338 e. The summed E-state index contributed by atoms with van der Waals surface area (Å²) < 4.78 is 1.17. The number of benzene rings is 1. The molecule has 0 saturated carbocycles. The molecule has 1 amide bonds. The molecule has 0 aliphatic carbocycles. The number of fused-ring (bicyclic) bond motifs is 1. The molecular weight excluding hydrogens is 396 g/mol. The third-order valence-corrected chi connectivity index (χ3v) is 7.20. The summed E-state index contributed by atoms with van der Waals surface area (Å²) in [6.45, 7) is 4.69. The molecule has 0 N–H and O–H groups in total. The van der Waals surface area contributed by atoms with E-state index in [4.69, 9.17) is 0 Å². The first-order valence-electron chi connectivity index (χ1n) is 9.00. The van der Waals surface area contributed by atoms with Crippen molar-refractivity contribution in [2.75, 3.05) is 19.6 Å². The van der Waals surface area contributed by atoms with Gasteiger partial charge in [-0.05, 0) is 61.0 Å². The fourth-order valence-electron chi connectivity index (χ4n) is 3.90. The number of halogens is 1. The molecular formula is C20H23BrN2OS. The maximum Gasteiger partial charge on any atom is 0.226 e. The molecule has 0 radical (unpaired) electrons. The highest BCUT2D eigenvalue weighted by Gasteiger charge is 2.30. The number of carbonyl (C=O) groups excluding carboxylic acids is 1. The van der Waals surface area contributed by atoms with Crippen molar-refractivity contribution in [2.45, 2.75) is 32.4 Å². The lowest BCUT2D eigenvalue weighted by molar-refractivity contribution is -0.138. The van der Waals surface area contributed by atoms with Crippen LogP contribution in [0.3, 0.4) is 0 Å². The number of nitrogens with zero attached hydrogens (tertiary/aromatic N) is 2. The third-order valence-electron chi connectivity index (χ3n) is 5.41. The summed E-state index contributed by atoms with van der Waals surface area (Å²) in [5, 5.41) is 2.15. The minimum atomic E-state index is 0.204. The quantitative estimate of drug-likeness (QED) is 0.741. The molecule has 0 atom stereocenters. The molecule has 5 heteroatoms. The van der Waals surface area contributed by atoms with Crippen molar-refractivity contribution in [1.82, 2.24) is 9.80 Å². The lowest BCUT2D eigenvalue weighted by atomic mass is 9.94. The Kier molecular flexibility index (Phi) is 5.25. The van der Waals surface area contributed by atoms with Crippen LogP contribution in [-0.4, -0.2) is 35.3 Å². The highest BCUT2D eigenvalue weighted by molar-refractivity contribution is 9.10. The predicted molar refractivity (Wildman–Crippen MR) is 106 cm³/mol. The fraction of sp³-hybridized carbons (Fsp3) is 0.450. The molecule has 1 aromatic heterocycles. The molecule has 132 valence electrons. The summed E-state index contributed by atoms with van der Waals surface area (Å²) in [6, 6.07) is 10.6.